The Bertz CT molecular complexity index is 594. The van der Waals surface area contributed by atoms with Crippen molar-refractivity contribution < 1.29 is 4.79 Å². The number of carbonyl (C=O) groups excluding carboxylic acids is 1. The number of carbonyl (C=O) groups is 1. The van der Waals surface area contributed by atoms with E-state index in [-0.39, 0.29) is 5.91 Å². The predicted octanol–water partition coefficient (Wildman–Crippen LogP) is 2.82. The lowest BCUT2D eigenvalue weighted by molar-refractivity contribution is 0.102. The first-order valence-corrected chi connectivity index (χ1v) is 7.73. The summed E-state index contributed by atoms with van der Waals surface area (Å²) in [6, 6.07) is 3.51. The highest BCUT2D eigenvalue weighted by molar-refractivity contribution is 7.15. The van der Waals surface area contributed by atoms with E-state index in [0.717, 1.165) is 23.8 Å². The molecule has 6 nitrogen and oxygen atoms in total. The first-order valence-electron chi connectivity index (χ1n) is 6.92. The van der Waals surface area contributed by atoms with Crippen LogP contribution < -0.4 is 10.6 Å². The van der Waals surface area contributed by atoms with Crippen LogP contribution in [0.25, 0.3) is 0 Å². The average molecular weight is 305 g/mol. The second-order valence-electron chi connectivity index (χ2n) is 5.02. The Balaban J connectivity index is 1.98. The van der Waals surface area contributed by atoms with Crippen molar-refractivity contribution in [3.05, 3.63) is 28.9 Å². The van der Waals surface area contributed by atoms with Gasteiger partial charge in [-0.25, -0.2) is 4.98 Å². The molecule has 0 aliphatic heterocycles. The molecule has 0 radical (unpaired) electrons. The van der Waals surface area contributed by atoms with Gasteiger partial charge in [-0.05, 0) is 25.0 Å². The van der Waals surface area contributed by atoms with Gasteiger partial charge in [0.2, 0.25) is 5.13 Å². The normalized spacial score (nSPS) is 10.7. The summed E-state index contributed by atoms with van der Waals surface area (Å²) >= 11 is 1.41. The lowest BCUT2D eigenvalue weighted by atomic mass is 10.1. The molecular weight excluding hydrogens is 286 g/mol. The molecule has 7 heteroatoms. The molecule has 112 valence electrons. The summed E-state index contributed by atoms with van der Waals surface area (Å²) < 4.78 is 0. The standard InChI is InChI=1S/C14H19N5OS/c1-4-15-11-6-5-10(8-16-11)13(20)17-14-19-18-12(21-14)7-9(2)3/h5-6,8-9H,4,7H2,1-3H3,(H,15,16)(H,17,19,20). The van der Waals surface area contributed by atoms with Crippen LogP contribution in [0.5, 0.6) is 0 Å². The lowest BCUT2D eigenvalue weighted by Gasteiger charge is -2.03. The van der Waals surface area contributed by atoms with Crippen LogP contribution >= 0.6 is 11.3 Å². The molecule has 0 spiro atoms. The van der Waals surface area contributed by atoms with E-state index in [1.807, 2.05) is 6.92 Å². The summed E-state index contributed by atoms with van der Waals surface area (Å²) in [5, 5.41) is 15.3. The first kappa shape index (κ1) is 15.4. The third-order valence-electron chi connectivity index (χ3n) is 2.65. The van der Waals surface area contributed by atoms with Gasteiger partial charge < -0.3 is 5.32 Å². The Morgan fingerprint density at radius 1 is 1.33 bits per heavy atom. The summed E-state index contributed by atoms with van der Waals surface area (Å²) in [5.41, 5.74) is 0.497. The highest BCUT2D eigenvalue weighted by Crippen LogP contribution is 2.19. The predicted molar refractivity (Wildman–Crippen MR) is 84.8 cm³/mol. The smallest absolute Gasteiger partial charge is 0.259 e. The number of nitrogens with one attached hydrogen (secondary N) is 2. The van der Waals surface area contributed by atoms with E-state index in [0.29, 0.717) is 16.6 Å². The quantitative estimate of drug-likeness (QED) is 0.858. The van der Waals surface area contributed by atoms with Crippen molar-refractivity contribution in [3.8, 4) is 0 Å². The fourth-order valence-electron chi connectivity index (χ4n) is 1.72. The van der Waals surface area contributed by atoms with Crippen LogP contribution in [0.4, 0.5) is 10.9 Å². The summed E-state index contributed by atoms with van der Waals surface area (Å²) in [6.07, 6.45) is 2.41. The number of hydrogen-bond acceptors (Lipinski definition) is 6. The summed E-state index contributed by atoms with van der Waals surface area (Å²) in [4.78, 5) is 16.3. The van der Waals surface area contributed by atoms with Gasteiger partial charge in [0.1, 0.15) is 10.8 Å². The first-order chi connectivity index (χ1) is 10.1. The van der Waals surface area contributed by atoms with Crippen molar-refractivity contribution in [2.45, 2.75) is 27.2 Å². The van der Waals surface area contributed by atoms with Crippen LogP contribution in [0.15, 0.2) is 18.3 Å². The van der Waals surface area contributed by atoms with Crippen LogP contribution in [-0.4, -0.2) is 27.6 Å². The molecule has 0 atom stereocenters. The van der Waals surface area contributed by atoms with E-state index < -0.39 is 0 Å². The molecule has 0 aliphatic carbocycles. The van der Waals surface area contributed by atoms with Gasteiger partial charge in [-0.15, -0.1) is 10.2 Å². The molecular formula is C14H19N5OS. The maximum Gasteiger partial charge on any atom is 0.259 e. The number of anilines is 2. The minimum atomic E-state index is -0.224. The molecule has 0 bridgehead atoms. The third-order valence-corrected chi connectivity index (χ3v) is 3.51. The largest absolute Gasteiger partial charge is 0.370 e. The minimum absolute atomic E-state index is 0.224. The summed E-state index contributed by atoms with van der Waals surface area (Å²) in [7, 11) is 0. The molecule has 1 amide bonds. The summed E-state index contributed by atoms with van der Waals surface area (Å²) in [6.45, 7) is 7.03. The van der Waals surface area contributed by atoms with Gasteiger partial charge >= 0.3 is 0 Å². The number of rotatable bonds is 6. The highest BCUT2D eigenvalue weighted by atomic mass is 32.1. The van der Waals surface area contributed by atoms with Crippen molar-refractivity contribution in [2.75, 3.05) is 17.2 Å². The number of nitrogens with zero attached hydrogens (tertiary/aromatic N) is 3. The van der Waals surface area contributed by atoms with Crippen LogP contribution in [-0.2, 0) is 6.42 Å². The van der Waals surface area contributed by atoms with Crippen molar-refractivity contribution in [3.63, 3.8) is 0 Å². The molecule has 2 aromatic heterocycles. The van der Waals surface area contributed by atoms with Crippen LogP contribution in [0.1, 0.15) is 36.1 Å². The van der Waals surface area contributed by atoms with Crippen LogP contribution in [0, 0.1) is 5.92 Å². The molecule has 0 unspecified atom stereocenters. The van der Waals surface area contributed by atoms with Gasteiger partial charge in [-0.1, -0.05) is 25.2 Å². The Kier molecular flexibility index (Phi) is 5.21. The van der Waals surface area contributed by atoms with Gasteiger partial charge in [0.25, 0.3) is 5.91 Å². The number of pyridine rings is 1. The van der Waals surface area contributed by atoms with Gasteiger partial charge in [0, 0.05) is 19.2 Å². The zero-order valence-electron chi connectivity index (χ0n) is 12.4. The van der Waals surface area contributed by atoms with Crippen LogP contribution in [0.3, 0.4) is 0 Å². The summed E-state index contributed by atoms with van der Waals surface area (Å²) in [5.74, 6) is 1.05. The van der Waals surface area contributed by atoms with E-state index >= 15 is 0 Å². The van der Waals surface area contributed by atoms with Crippen molar-refractivity contribution in [1.29, 1.82) is 0 Å². The monoisotopic (exact) mass is 305 g/mol. The molecule has 0 aliphatic rings. The van der Waals surface area contributed by atoms with E-state index in [1.54, 1.807) is 18.3 Å². The molecule has 2 heterocycles. The average Bonchev–Trinajstić information content (AvgIpc) is 2.86. The van der Waals surface area contributed by atoms with Crippen molar-refractivity contribution in [2.24, 2.45) is 5.92 Å². The van der Waals surface area contributed by atoms with E-state index in [9.17, 15) is 4.79 Å². The molecule has 2 rings (SSSR count). The SMILES string of the molecule is CCNc1ccc(C(=O)Nc2nnc(CC(C)C)s2)cn1. The molecule has 0 aromatic carbocycles. The van der Waals surface area contributed by atoms with Crippen molar-refractivity contribution in [1.82, 2.24) is 15.2 Å². The molecule has 0 saturated heterocycles. The molecule has 0 saturated carbocycles. The van der Waals surface area contributed by atoms with E-state index in [2.05, 4.69) is 39.7 Å². The molecule has 2 aromatic rings. The second-order valence-corrected chi connectivity index (χ2v) is 6.08. The van der Waals surface area contributed by atoms with E-state index in [4.69, 9.17) is 0 Å². The Morgan fingerprint density at radius 2 is 2.14 bits per heavy atom. The number of hydrogen-bond donors (Lipinski definition) is 2. The third kappa shape index (κ3) is 4.49. The van der Waals surface area contributed by atoms with Crippen molar-refractivity contribution >= 4 is 28.2 Å². The fourth-order valence-corrected chi connectivity index (χ4v) is 2.67. The highest BCUT2D eigenvalue weighted by Gasteiger charge is 2.11. The van der Waals surface area contributed by atoms with Gasteiger partial charge in [0.05, 0.1) is 5.56 Å². The second kappa shape index (κ2) is 7.12. The number of amides is 1. The molecule has 0 fully saturated rings. The van der Waals surface area contributed by atoms with Gasteiger partial charge in [-0.3, -0.25) is 10.1 Å². The van der Waals surface area contributed by atoms with Gasteiger partial charge in [0.15, 0.2) is 0 Å². The number of aromatic nitrogens is 3. The lowest BCUT2D eigenvalue weighted by Crippen LogP contribution is -2.12. The van der Waals surface area contributed by atoms with Gasteiger partial charge in [-0.2, -0.15) is 0 Å². The zero-order valence-corrected chi connectivity index (χ0v) is 13.2. The Hall–Kier alpha value is -2.02. The molecule has 2 N–H and O–H groups in total. The van der Waals surface area contributed by atoms with Crippen LogP contribution in [0.2, 0.25) is 0 Å². The van der Waals surface area contributed by atoms with E-state index in [1.165, 1.54) is 11.3 Å². The topological polar surface area (TPSA) is 79.8 Å². The molecule has 21 heavy (non-hydrogen) atoms. The maximum absolute atomic E-state index is 12.1. The maximum atomic E-state index is 12.1. The fraction of sp³-hybridized carbons (Fsp3) is 0.429. The minimum Gasteiger partial charge on any atom is -0.370 e. The Morgan fingerprint density at radius 3 is 2.76 bits per heavy atom. The Labute approximate surface area is 128 Å². The zero-order chi connectivity index (χ0) is 15.2.